The molecule has 68 valence electrons. The molecule has 0 saturated carbocycles. The second kappa shape index (κ2) is 4.45. The summed E-state index contributed by atoms with van der Waals surface area (Å²) >= 11 is 0. The van der Waals surface area contributed by atoms with E-state index in [1.165, 1.54) is 0 Å². The van der Waals surface area contributed by atoms with Crippen molar-refractivity contribution in [1.29, 1.82) is 0 Å². The Balaban J connectivity index is 2.98. The Bertz CT molecular complexity index is 312. The number of pyridine rings is 1. The Labute approximate surface area is 79.0 Å². The van der Waals surface area contributed by atoms with Crippen molar-refractivity contribution < 1.29 is 0 Å². The summed E-state index contributed by atoms with van der Waals surface area (Å²) in [5.74, 6) is 0. The average molecular weight is 174 g/mol. The van der Waals surface area contributed by atoms with Gasteiger partial charge in [0.15, 0.2) is 0 Å². The van der Waals surface area contributed by atoms with Crippen LogP contribution in [-0.2, 0) is 0 Å². The molecule has 1 rings (SSSR count). The van der Waals surface area contributed by atoms with Crippen molar-refractivity contribution in [3.63, 3.8) is 0 Å². The highest BCUT2D eigenvalue weighted by atomic mass is 14.9. The molecule has 13 heavy (non-hydrogen) atoms. The van der Waals surface area contributed by atoms with Crippen LogP contribution in [0.3, 0.4) is 0 Å². The summed E-state index contributed by atoms with van der Waals surface area (Å²) in [6.45, 7) is 5.78. The van der Waals surface area contributed by atoms with Crippen molar-refractivity contribution in [2.45, 2.75) is 6.92 Å². The van der Waals surface area contributed by atoms with Crippen LogP contribution in [0.25, 0.3) is 5.70 Å². The molecule has 0 radical (unpaired) electrons. The number of aromatic nitrogens is 1. The third-order valence-corrected chi connectivity index (χ3v) is 1.60. The third kappa shape index (κ3) is 2.75. The summed E-state index contributed by atoms with van der Waals surface area (Å²) in [7, 11) is 1.88. The third-order valence-electron chi connectivity index (χ3n) is 1.60. The minimum atomic E-state index is 0.938. The van der Waals surface area contributed by atoms with Crippen molar-refractivity contribution in [3.05, 3.63) is 48.3 Å². The lowest BCUT2D eigenvalue weighted by atomic mass is 10.2. The predicted molar refractivity (Wildman–Crippen MR) is 56.1 cm³/mol. The molecule has 1 aromatic heterocycles. The van der Waals surface area contributed by atoms with Crippen LogP contribution in [0.2, 0.25) is 0 Å². The van der Waals surface area contributed by atoms with Gasteiger partial charge in [-0.25, -0.2) is 0 Å². The second-order valence-corrected chi connectivity index (χ2v) is 2.87. The van der Waals surface area contributed by atoms with Gasteiger partial charge in [0.2, 0.25) is 0 Å². The fourth-order valence-electron chi connectivity index (χ4n) is 1.04. The molecule has 0 aliphatic carbocycles. The van der Waals surface area contributed by atoms with E-state index < -0.39 is 0 Å². The van der Waals surface area contributed by atoms with E-state index in [1.54, 1.807) is 6.20 Å². The molecule has 0 bridgehead atoms. The van der Waals surface area contributed by atoms with E-state index >= 15 is 0 Å². The van der Waals surface area contributed by atoms with Crippen molar-refractivity contribution >= 4 is 5.70 Å². The molecule has 0 aromatic carbocycles. The zero-order valence-corrected chi connectivity index (χ0v) is 8.04. The van der Waals surface area contributed by atoms with Crippen LogP contribution in [0.1, 0.15) is 12.6 Å². The van der Waals surface area contributed by atoms with Gasteiger partial charge in [-0.1, -0.05) is 18.2 Å². The first-order valence-corrected chi connectivity index (χ1v) is 4.20. The summed E-state index contributed by atoms with van der Waals surface area (Å²) in [6.07, 6.45) is 3.75. The maximum atomic E-state index is 4.23. The fraction of sp³-hybridized carbons (Fsp3) is 0.182. The lowest BCUT2D eigenvalue weighted by Gasteiger charge is -2.05. The zero-order chi connectivity index (χ0) is 9.68. The zero-order valence-electron chi connectivity index (χ0n) is 8.04. The number of rotatable bonds is 3. The van der Waals surface area contributed by atoms with Crippen molar-refractivity contribution in [1.82, 2.24) is 10.3 Å². The summed E-state index contributed by atoms with van der Waals surface area (Å²) in [5.41, 5.74) is 2.94. The lowest BCUT2D eigenvalue weighted by Crippen LogP contribution is -2.05. The van der Waals surface area contributed by atoms with Gasteiger partial charge in [-0.05, 0) is 25.1 Å². The van der Waals surface area contributed by atoms with Gasteiger partial charge in [-0.2, -0.15) is 0 Å². The minimum absolute atomic E-state index is 0.938. The summed E-state index contributed by atoms with van der Waals surface area (Å²) < 4.78 is 0. The van der Waals surface area contributed by atoms with Crippen LogP contribution in [0, 0.1) is 0 Å². The Morgan fingerprint density at radius 1 is 1.54 bits per heavy atom. The highest BCUT2D eigenvalue weighted by Crippen LogP contribution is 2.08. The summed E-state index contributed by atoms with van der Waals surface area (Å²) in [5, 5.41) is 3.09. The predicted octanol–water partition coefficient (Wildman–Crippen LogP) is 2.22. The normalized spacial score (nSPS) is 11.1. The molecule has 0 amide bonds. The smallest absolute Gasteiger partial charge is 0.0860 e. The molecule has 0 unspecified atom stereocenters. The van der Waals surface area contributed by atoms with Gasteiger partial charge < -0.3 is 5.32 Å². The van der Waals surface area contributed by atoms with Crippen LogP contribution < -0.4 is 5.32 Å². The van der Waals surface area contributed by atoms with E-state index in [-0.39, 0.29) is 0 Å². The topological polar surface area (TPSA) is 24.9 Å². The summed E-state index contributed by atoms with van der Waals surface area (Å²) in [4.78, 5) is 4.23. The number of nitrogens with zero attached hydrogens (tertiary/aromatic N) is 1. The average Bonchev–Trinajstić information content (AvgIpc) is 2.15. The molecule has 2 nitrogen and oxygen atoms in total. The Morgan fingerprint density at radius 3 is 2.77 bits per heavy atom. The second-order valence-electron chi connectivity index (χ2n) is 2.87. The first-order chi connectivity index (χ1) is 6.24. The largest absolute Gasteiger partial charge is 0.386 e. The van der Waals surface area contributed by atoms with Gasteiger partial charge >= 0.3 is 0 Å². The van der Waals surface area contributed by atoms with E-state index in [9.17, 15) is 0 Å². The van der Waals surface area contributed by atoms with Crippen LogP contribution in [0.5, 0.6) is 0 Å². The van der Waals surface area contributed by atoms with E-state index in [4.69, 9.17) is 0 Å². The van der Waals surface area contributed by atoms with Gasteiger partial charge in [0.05, 0.1) is 11.4 Å². The molecule has 0 atom stereocenters. The molecule has 1 N–H and O–H groups in total. The fourth-order valence-corrected chi connectivity index (χ4v) is 1.04. The molecular formula is C11H14N2. The van der Waals surface area contributed by atoms with Gasteiger partial charge in [-0.15, -0.1) is 0 Å². The molecule has 0 saturated heterocycles. The van der Waals surface area contributed by atoms with E-state index in [1.807, 2.05) is 38.2 Å². The first-order valence-electron chi connectivity index (χ1n) is 4.20. The molecule has 1 aromatic rings. The van der Waals surface area contributed by atoms with Crippen LogP contribution >= 0.6 is 0 Å². The molecule has 0 spiro atoms. The quantitative estimate of drug-likeness (QED) is 0.711. The highest BCUT2D eigenvalue weighted by molar-refractivity contribution is 5.62. The Kier molecular flexibility index (Phi) is 3.26. The Morgan fingerprint density at radius 2 is 2.31 bits per heavy atom. The van der Waals surface area contributed by atoms with E-state index in [0.29, 0.717) is 0 Å². The van der Waals surface area contributed by atoms with Crippen LogP contribution in [-0.4, -0.2) is 12.0 Å². The van der Waals surface area contributed by atoms with Crippen LogP contribution in [0.15, 0.2) is 42.6 Å². The lowest BCUT2D eigenvalue weighted by molar-refractivity contribution is 1.09. The number of hydrogen-bond donors (Lipinski definition) is 1. The molecule has 0 aliphatic heterocycles. The molecule has 0 fully saturated rings. The van der Waals surface area contributed by atoms with E-state index in [2.05, 4.69) is 16.9 Å². The Hall–Kier alpha value is -1.57. The van der Waals surface area contributed by atoms with Gasteiger partial charge in [0.1, 0.15) is 0 Å². The number of hydrogen-bond acceptors (Lipinski definition) is 2. The van der Waals surface area contributed by atoms with E-state index in [0.717, 1.165) is 17.0 Å². The van der Waals surface area contributed by atoms with Gasteiger partial charge in [0.25, 0.3) is 0 Å². The summed E-state index contributed by atoms with van der Waals surface area (Å²) in [6, 6.07) is 5.83. The van der Waals surface area contributed by atoms with Crippen LogP contribution in [0.4, 0.5) is 0 Å². The SMILES string of the molecule is C=C(C)/C=C(\NC)c1ccccn1. The van der Waals surface area contributed by atoms with Gasteiger partial charge in [-0.3, -0.25) is 4.98 Å². The maximum absolute atomic E-state index is 4.23. The van der Waals surface area contributed by atoms with Crippen molar-refractivity contribution in [3.8, 4) is 0 Å². The molecule has 2 heteroatoms. The highest BCUT2D eigenvalue weighted by Gasteiger charge is 1.97. The van der Waals surface area contributed by atoms with Crippen molar-refractivity contribution in [2.24, 2.45) is 0 Å². The van der Waals surface area contributed by atoms with Crippen molar-refractivity contribution in [2.75, 3.05) is 7.05 Å². The van der Waals surface area contributed by atoms with Gasteiger partial charge in [0, 0.05) is 13.2 Å². The minimum Gasteiger partial charge on any atom is -0.386 e. The maximum Gasteiger partial charge on any atom is 0.0860 e. The monoisotopic (exact) mass is 174 g/mol. The first kappa shape index (κ1) is 9.52. The molecular weight excluding hydrogens is 160 g/mol. The number of nitrogens with one attached hydrogen (secondary N) is 1. The number of allylic oxidation sites excluding steroid dienone is 2. The standard InChI is InChI=1S/C11H14N2/c1-9(2)8-11(12-3)10-6-4-5-7-13-10/h4-8,12H,1H2,2-3H3/b11-8-. The molecule has 0 aliphatic rings. The molecule has 1 heterocycles.